The number of benzene rings is 1. The van der Waals surface area contributed by atoms with Crippen molar-refractivity contribution in [2.75, 3.05) is 4.90 Å². The van der Waals surface area contributed by atoms with Gasteiger partial charge in [-0.2, -0.15) is 0 Å². The van der Waals surface area contributed by atoms with Gasteiger partial charge in [-0.15, -0.1) is 0 Å². The molecule has 0 spiro atoms. The van der Waals surface area contributed by atoms with Crippen LogP contribution in [0.25, 0.3) is 0 Å². The number of anilines is 1. The third-order valence-corrected chi connectivity index (χ3v) is 5.30. The quantitative estimate of drug-likeness (QED) is 0.356. The number of aldehydes is 1. The lowest BCUT2D eigenvalue weighted by Crippen LogP contribution is -2.37. The average Bonchev–Trinajstić information content (AvgIpc) is 2.93. The van der Waals surface area contributed by atoms with Crippen LogP contribution in [-0.4, -0.2) is 18.1 Å². The van der Waals surface area contributed by atoms with Crippen LogP contribution in [0.15, 0.2) is 30.3 Å². The number of hydrogen-bond acceptors (Lipinski definition) is 3. The second kappa shape index (κ2) is 8.93. The number of hydrogen-bond donors (Lipinski definition) is 0. The van der Waals surface area contributed by atoms with E-state index in [1.807, 2.05) is 13.0 Å². The normalized spacial score (nSPS) is 19.9. The minimum atomic E-state index is -0.763. The highest BCUT2D eigenvalue weighted by Gasteiger charge is 2.49. The van der Waals surface area contributed by atoms with E-state index >= 15 is 0 Å². The van der Waals surface area contributed by atoms with Crippen LogP contribution in [0.2, 0.25) is 0 Å². The van der Waals surface area contributed by atoms with Gasteiger partial charge >= 0.3 is 0 Å². The van der Waals surface area contributed by atoms with E-state index in [-0.39, 0.29) is 18.2 Å². The van der Waals surface area contributed by atoms with Gasteiger partial charge in [0.15, 0.2) is 0 Å². The Morgan fingerprint density at radius 2 is 1.72 bits per heavy atom. The number of carbonyl (C=O) groups is 3. The number of carbonyl (C=O) groups excluding carboxylic acids is 3. The molecule has 0 aliphatic carbocycles. The largest absolute Gasteiger partial charge is 0.303 e. The first-order chi connectivity index (χ1) is 12.0. The first kappa shape index (κ1) is 19.4. The van der Waals surface area contributed by atoms with Gasteiger partial charge < -0.3 is 4.79 Å². The molecule has 4 heteroatoms. The van der Waals surface area contributed by atoms with Crippen molar-refractivity contribution in [2.45, 2.75) is 65.2 Å². The van der Waals surface area contributed by atoms with Gasteiger partial charge in [0.25, 0.3) is 0 Å². The first-order valence-electron chi connectivity index (χ1n) is 9.41. The number of rotatable bonds is 10. The standard InChI is InChI=1S/C21H29NO3/c1-3-4-5-6-7-11-14-21(2,16-23)18-15-19(24)22(20(18)25)17-12-9-8-10-13-17/h8-10,12-13,16,18H,3-7,11,14-15H2,1-2H3/t18-,21?/m1/s1. The molecule has 1 heterocycles. The Hall–Kier alpha value is -1.97. The summed E-state index contributed by atoms with van der Waals surface area (Å²) in [4.78, 5) is 38.3. The van der Waals surface area contributed by atoms with Crippen molar-refractivity contribution >= 4 is 23.8 Å². The molecule has 2 rings (SSSR count). The van der Waals surface area contributed by atoms with Crippen molar-refractivity contribution in [3.8, 4) is 0 Å². The molecule has 2 amide bonds. The van der Waals surface area contributed by atoms with E-state index in [2.05, 4.69) is 6.92 Å². The zero-order chi connectivity index (χ0) is 18.3. The van der Waals surface area contributed by atoms with Crippen LogP contribution in [0.4, 0.5) is 5.69 Å². The molecule has 25 heavy (non-hydrogen) atoms. The predicted octanol–water partition coefficient (Wildman–Crippen LogP) is 4.52. The van der Waals surface area contributed by atoms with Crippen molar-refractivity contribution in [1.29, 1.82) is 0 Å². The molecular formula is C21H29NO3. The summed E-state index contributed by atoms with van der Waals surface area (Å²) in [5.41, 5.74) is -0.172. The fourth-order valence-electron chi connectivity index (χ4n) is 3.60. The molecular weight excluding hydrogens is 314 g/mol. The average molecular weight is 343 g/mol. The highest BCUT2D eigenvalue weighted by Crippen LogP contribution is 2.40. The van der Waals surface area contributed by atoms with E-state index in [1.165, 1.54) is 24.2 Å². The van der Waals surface area contributed by atoms with Gasteiger partial charge in [-0.1, -0.05) is 70.6 Å². The summed E-state index contributed by atoms with van der Waals surface area (Å²) in [6.07, 6.45) is 8.50. The minimum absolute atomic E-state index is 0.124. The first-order valence-corrected chi connectivity index (χ1v) is 9.41. The van der Waals surface area contributed by atoms with Gasteiger partial charge in [0.2, 0.25) is 11.8 Å². The maximum Gasteiger partial charge on any atom is 0.238 e. The van der Waals surface area contributed by atoms with Crippen molar-refractivity contribution in [3.63, 3.8) is 0 Å². The Morgan fingerprint density at radius 3 is 2.36 bits per heavy atom. The van der Waals surface area contributed by atoms with Gasteiger partial charge in [-0.05, 0) is 18.6 Å². The van der Waals surface area contributed by atoms with Crippen LogP contribution in [0.3, 0.4) is 0 Å². The summed E-state index contributed by atoms with van der Waals surface area (Å²) in [6.45, 7) is 4.01. The number of unbranched alkanes of at least 4 members (excludes halogenated alkanes) is 5. The summed E-state index contributed by atoms with van der Waals surface area (Å²) in [5.74, 6) is -0.998. The predicted molar refractivity (Wildman–Crippen MR) is 99.2 cm³/mol. The minimum Gasteiger partial charge on any atom is -0.303 e. The number of nitrogens with zero attached hydrogens (tertiary/aromatic N) is 1. The van der Waals surface area contributed by atoms with Gasteiger partial charge in [0, 0.05) is 11.8 Å². The van der Waals surface area contributed by atoms with E-state index in [4.69, 9.17) is 0 Å². The number of imide groups is 1. The second-order valence-electron chi connectivity index (χ2n) is 7.30. The molecule has 0 aromatic heterocycles. The van der Waals surface area contributed by atoms with Crippen LogP contribution in [-0.2, 0) is 14.4 Å². The summed E-state index contributed by atoms with van der Waals surface area (Å²) in [5, 5.41) is 0. The summed E-state index contributed by atoms with van der Waals surface area (Å²) in [7, 11) is 0. The molecule has 0 saturated carbocycles. The third kappa shape index (κ3) is 4.56. The summed E-state index contributed by atoms with van der Waals surface area (Å²) < 4.78 is 0. The zero-order valence-electron chi connectivity index (χ0n) is 15.4. The van der Waals surface area contributed by atoms with Crippen molar-refractivity contribution < 1.29 is 14.4 Å². The fourth-order valence-corrected chi connectivity index (χ4v) is 3.60. The Bertz CT molecular complexity index is 598. The van der Waals surface area contributed by atoms with Crippen LogP contribution >= 0.6 is 0 Å². The molecule has 0 radical (unpaired) electrons. The smallest absolute Gasteiger partial charge is 0.238 e. The molecule has 1 aliphatic heterocycles. The Kier molecular flexibility index (Phi) is 6.91. The molecule has 1 aromatic rings. The van der Waals surface area contributed by atoms with Crippen LogP contribution in [0, 0.1) is 11.3 Å². The second-order valence-corrected chi connectivity index (χ2v) is 7.30. The van der Waals surface area contributed by atoms with E-state index in [9.17, 15) is 14.4 Å². The fraction of sp³-hybridized carbons (Fsp3) is 0.571. The maximum absolute atomic E-state index is 12.8. The van der Waals surface area contributed by atoms with E-state index in [1.54, 1.807) is 24.3 Å². The van der Waals surface area contributed by atoms with Gasteiger partial charge in [0.1, 0.15) is 6.29 Å². The lowest BCUT2D eigenvalue weighted by atomic mass is 9.73. The lowest BCUT2D eigenvalue weighted by Gasteiger charge is -2.28. The Balaban J connectivity index is 2.01. The van der Waals surface area contributed by atoms with Crippen molar-refractivity contribution in [1.82, 2.24) is 0 Å². The van der Waals surface area contributed by atoms with Crippen LogP contribution < -0.4 is 4.90 Å². The highest BCUT2D eigenvalue weighted by molar-refractivity contribution is 6.21. The third-order valence-electron chi connectivity index (χ3n) is 5.30. The molecule has 0 bridgehead atoms. The topological polar surface area (TPSA) is 54.5 Å². The number of amides is 2. The summed E-state index contributed by atoms with van der Waals surface area (Å²) >= 11 is 0. The zero-order valence-corrected chi connectivity index (χ0v) is 15.4. The molecule has 0 N–H and O–H groups in total. The monoisotopic (exact) mass is 343 g/mol. The van der Waals surface area contributed by atoms with Gasteiger partial charge in [0.05, 0.1) is 11.6 Å². The maximum atomic E-state index is 12.8. The lowest BCUT2D eigenvalue weighted by molar-refractivity contribution is -0.130. The van der Waals surface area contributed by atoms with E-state index in [0.29, 0.717) is 12.1 Å². The SMILES string of the molecule is CCCCCCCCC(C)(C=O)[C@@H]1CC(=O)N(c2ccccc2)C1=O. The Morgan fingerprint density at radius 1 is 1.08 bits per heavy atom. The van der Waals surface area contributed by atoms with Crippen LogP contribution in [0.1, 0.15) is 65.2 Å². The number of para-hydroxylation sites is 1. The molecule has 1 aliphatic rings. The molecule has 2 atom stereocenters. The molecule has 1 aromatic carbocycles. The Labute approximate surface area is 150 Å². The molecule has 1 saturated heterocycles. The van der Waals surface area contributed by atoms with E-state index in [0.717, 1.165) is 25.5 Å². The highest BCUT2D eigenvalue weighted by atomic mass is 16.2. The van der Waals surface area contributed by atoms with Gasteiger partial charge in [-0.25, -0.2) is 0 Å². The van der Waals surface area contributed by atoms with E-state index < -0.39 is 11.3 Å². The van der Waals surface area contributed by atoms with Crippen molar-refractivity contribution in [2.24, 2.45) is 11.3 Å². The molecule has 1 unspecified atom stereocenters. The summed E-state index contributed by atoms with van der Waals surface area (Å²) in [6, 6.07) is 8.96. The van der Waals surface area contributed by atoms with Gasteiger partial charge in [-0.3, -0.25) is 14.5 Å². The molecule has 4 nitrogen and oxygen atoms in total. The molecule has 1 fully saturated rings. The molecule has 136 valence electrons. The van der Waals surface area contributed by atoms with Crippen molar-refractivity contribution in [3.05, 3.63) is 30.3 Å². The van der Waals surface area contributed by atoms with Crippen LogP contribution in [0.5, 0.6) is 0 Å².